The van der Waals surface area contributed by atoms with Crippen LogP contribution in [0.4, 0.5) is 0 Å². The molecule has 0 rings (SSSR count). The molecular formula is H3AgAlCuZn. The Bertz CT molecular complexity index is 8.00. The molecule has 0 aromatic heterocycles. The number of hydrogen-bond acceptors (Lipinski definition) is 0. The molecule has 0 bridgehead atoms. The molecule has 0 atom stereocenters. The van der Waals surface area contributed by atoms with Crippen molar-refractivity contribution in [3.05, 3.63) is 0 Å². The molecule has 0 saturated carbocycles. The van der Waals surface area contributed by atoms with E-state index >= 15 is 0 Å². The molecule has 0 N–H and O–H groups in total. The van der Waals surface area contributed by atoms with Gasteiger partial charge in [-0.15, -0.1) is 0 Å². The van der Waals surface area contributed by atoms with Crippen molar-refractivity contribution >= 4 is 17.4 Å². The van der Waals surface area contributed by atoms with Gasteiger partial charge in [-0.1, -0.05) is 0 Å². The topological polar surface area (TPSA) is 0 Å². The van der Waals surface area contributed by atoms with Gasteiger partial charge in [-0.3, -0.25) is 0 Å². The van der Waals surface area contributed by atoms with Gasteiger partial charge >= 0.3 is 0 Å². The number of rotatable bonds is 0. The maximum Gasteiger partial charge on any atom is 0.187 e. The van der Waals surface area contributed by atoms with Crippen molar-refractivity contribution in [1.29, 1.82) is 0 Å². The van der Waals surface area contributed by atoms with Crippen LogP contribution >= 0.6 is 0 Å². The Balaban J connectivity index is 0. The molecule has 0 aromatic rings. The van der Waals surface area contributed by atoms with Crippen molar-refractivity contribution in [2.45, 2.75) is 0 Å². The molecule has 0 amide bonds. The first-order chi connectivity index (χ1) is 0. The standard InChI is InChI=1S/Ag.Al.Cu.Zn.3H. The Morgan fingerprint density at radius 1 is 1.00 bits per heavy atom. The molecule has 0 unspecified atom stereocenters. The van der Waals surface area contributed by atoms with Crippen molar-refractivity contribution in [2.24, 2.45) is 0 Å². The summed E-state index contributed by atoms with van der Waals surface area (Å²) in [5.74, 6) is 0. The van der Waals surface area contributed by atoms with Crippen LogP contribution in [0.1, 0.15) is 0 Å². The minimum Gasteiger partial charge on any atom is 0 e. The van der Waals surface area contributed by atoms with Crippen LogP contribution in [0, 0.1) is 0 Å². The molecule has 0 spiro atoms. The minimum absolute atomic E-state index is 0. The molecule has 2 radical (unpaired) electrons. The van der Waals surface area contributed by atoms with E-state index in [1.807, 2.05) is 0 Å². The summed E-state index contributed by atoms with van der Waals surface area (Å²) < 4.78 is 0. The summed E-state index contributed by atoms with van der Waals surface area (Å²) in [6.07, 6.45) is 0. The van der Waals surface area contributed by atoms with E-state index in [1.165, 1.54) is 0 Å². The van der Waals surface area contributed by atoms with E-state index in [-0.39, 0.29) is 76.3 Å². The monoisotopic (exact) mass is 264 g/mol. The SMILES string of the molecule is [Ag].[AlH3].[Cu].[Zn]. The van der Waals surface area contributed by atoms with Crippen LogP contribution in [0.25, 0.3) is 0 Å². The number of hydrogen-bond donors (Lipinski definition) is 0. The average molecular weight is 267 g/mol. The van der Waals surface area contributed by atoms with Gasteiger partial charge in [0.05, 0.1) is 0 Å². The predicted molar refractivity (Wildman–Crippen MR) is 9.94 cm³/mol. The van der Waals surface area contributed by atoms with Gasteiger partial charge in [0.2, 0.25) is 0 Å². The summed E-state index contributed by atoms with van der Waals surface area (Å²) in [5.41, 5.74) is 0. The van der Waals surface area contributed by atoms with Gasteiger partial charge in [-0.2, -0.15) is 0 Å². The van der Waals surface area contributed by atoms with Crippen molar-refractivity contribution in [3.63, 3.8) is 0 Å². The zero-order valence-corrected chi connectivity index (χ0v) is 6.70. The van der Waals surface area contributed by atoms with Gasteiger partial charge in [0.25, 0.3) is 0 Å². The fourth-order valence-electron chi connectivity index (χ4n) is 0. The second-order valence-electron chi connectivity index (χ2n) is 0. The summed E-state index contributed by atoms with van der Waals surface area (Å²) in [7, 11) is 0. The molecule has 0 aliphatic heterocycles. The first-order valence-corrected chi connectivity index (χ1v) is 0. The zero-order chi connectivity index (χ0) is 0. The Labute approximate surface area is 75.4 Å². The van der Waals surface area contributed by atoms with Crippen LogP contribution in [-0.4, -0.2) is 17.4 Å². The van der Waals surface area contributed by atoms with Crippen LogP contribution in [0.5, 0.6) is 0 Å². The second-order valence-corrected chi connectivity index (χ2v) is 0. The summed E-state index contributed by atoms with van der Waals surface area (Å²) in [4.78, 5) is 0. The van der Waals surface area contributed by atoms with Crippen molar-refractivity contribution in [3.8, 4) is 0 Å². The van der Waals surface area contributed by atoms with Crippen LogP contribution in [0.2, 0.25) is 0 Å². The Morgan fingerprint density at radius 2 is 1.00 bits per heavy atom. The molecule has 4 heteroatoms. The van der Waals surface area contributed by atoms with Crippen molar-refractivity contribution in [1.82, 2.24) is 0 Å². The van der Waals surface area contributed by atoms with E-state index < -0.39 is 0 Å². The largest absolute Gasteiger partial charge is 0.187 e. The fourth-order valence-corrected chi connectivity index (χ4v) is 0. The van der Waals surface area contributed by atoms with Gasteiger partial charge in [0, 0.05) is 58.9 Å². The van der Waals surface area contributed by atoms with Crippen molar-refractivity contribution < 1.29 is 58.9 Å². The normalized spacial score (nSPS) is 0. The third-order valence-corrected chi connectivity index (χ3v) is 0. The predicted octanol–water partition coefficient (Wildman–Crippen LogP) is -1.19. The minimum atomic E-state index is 0. The first kappa shape index (κ1) is 32.2. The molecule has 0 aliphatic rings. The van der Waals surface area contributed by atoms with Gasteiger partial charge in [0.1, 0.15) is 0 Å². The summed E-state index contributed by atoms with van der Waals surface area (Å²) in [5, 5.41) is 0. The molecule has 0 nitrogen and oxygen atoms in total. The van der Waals surface area contributed by atoms with Gasteiger partial charge in [0.15, 0.2) is 17.4 Å². The molecule has 0 aliphatic carbocycles. The molecule has 0 saturated heterocycles. The molecule has 0 heterocycles. The fraction of sp³-hybridized carbons (Fsp3) is 0. The Hall–Kier alpha value is 2.42. The van der Waals surface area contributed by atoms with E-state index in [1.54, 1.807) is 0 Å². The maximum atomic E-state index is 0. The van der Waals surface area contributed by atoms with E-state index in [0.29, 0.717) is 0 Å². The van der Waals surface area contributed by atoms with Gasteiger partial charge in [-0.05, 0) is 0 Å². The molecule has 0 fully saturated rings. The van der Waals surface area contributed by atoms with Crippen molar-refractivity contribution in [2.75, 3.05) is 0 Å². The molecule has 4 heavy (non-hydrogen) atoms. The van der Waals surface area contributed by atoms with E-state index in [4.69, 9.17) is 0 Å². The van der Waals surface area contributed by atoms with E-state index in [2.05, 4.69) is 0 Å². The van der Waals surface area contributed by atoms with Crippen LogP contribution in [0.15, 0.2) is 0 Å². The van der Waals surface area contributed by atoms with E-state index in [0.717, 1.165) is 0 Å². The zero-order valence-electron chi connectivity index (χ0n) is 1.31. The Kier molecular flexibility index (Phi) is 146. The summed E-state index contributed by atoms with van der Waals surface area (Å²) in [6.45, 7) is 0. The third kappa shape index (κ3) is 8.83. The smallest absolute Gasteiger partial charge is 0 e. The van der Waals surface area contributed by atoms with Crippen LogP contribution in [-0.2, 0) is 58.9 Å². The van der Waals surface area contributed by atoms with Gasteiger partial charge in [-0.25, -0.2) is 0 Å². The first-order valence-electron chi connectivity index (χ1n) is 0. The Morgan fingerprint density at radius 3 is 1.00 bits per heavy atom. The molecule has 0 aromatic carbocycles. The summed E-state index contributed by atoms with van der Waals surface area (Å²) >= 11 is 0. The molecular weight excluding hydrogens is 264 g/mol. The van der Waals surface area contributed by atoms with Crippen LogP contribution < -0.4 is 0 Å². The second kappa shape index (κ2) is 18.1. The average Bonchev–Trinajstić information content (AvgIpc) is 0. The van der Waals surface area contributed by atoms with Gasteiger partial charge < -0.3 is 0 Å². The third-order valence-electron chi connectivity index (χ3n) is 0. The van der Waals surface area contributed by atoms with Crippen LogP contribution in [0.3, 0.4) is 0 Å². The quantitative estimate of drug-likeness (QED) is 0.484. The maximum absolute atomic E-state index is 0. The van der Waals surface area contributed by atoms with E-state index in [9.17, 15) is 0 Å². The summed E-state index contributed by atoms with van der Waals surface area (Å²) in [6, 6.07) is 0. The molecule has 30 valence electrons.